The van der Waals surface area contributed by atoms with Crippen molar-refractivity contribution in [2.75, 3.05) is 0 Å². The average Bonchev–Trinajstić information content (AvgIpc) is 3.26. The van der Waals surface area contributed by atoms with E-state index in [9.17, 15) is 4.79 Å². The molecule has 1 amide bonds. The van der Waals surface area contributed by atoms with E-state index < -0.39 is 0 Å². The third kappa shape index (κ3) is 5.93. The van der Waals surface area contributed by atoms with Gasteiger partial charge < -0.3 is 9.73 Å². The number of nitrogens with one attached hydrogen (secondary N) is 2. The number of nitrogens with zero attached hydrogens (tertiary/aromatic N) is 1. The fourth-order valence-corrected chi connectivity index (χ4v) is 3.48. The number of aromatic nitrogens is 1. The van der Waals surface area contributed by atoms with E-state index in [4.69, 9.17) is 16.6 Å². The fourth-order valence-electron chi connectivity index (χ4n) is 3.31. The highest BCUT2D eigenvalue weighted by molar-refractivity contribution is 7.80. The van der Waals surface area contributed by atoms with Crippen LogP contribution in [-0.4, -0.2) is 16.0 Å². The second kappa shape index (κ2) is 10.2. The lowest BCUT2D eigenvalue weighted by Crippen LogP contribution is -2.37. The summed E-state index contributed by atoms with van der Waals surface area (Å²) in [6.07, 6.45) is 3.20. The summed E-state index contributed by atoms with van der Waals surface area (Å²) in [5.41, 5.74) is 5.76. The van der Waals surface area contributed by atoms with E-state index in [0.29, 0.717) is 18.4 Å². The molecule has 0 aliphatic carbocycles. The molecule has 33 heavy (non-hydrogen) atoms. The Kier molecular flexibility index (Phi) is 6.95. The molecule has 5 nitrogen and oxygen atoms in total. The number of fused-ring (bicyclic) bond motifs is 1. The van der Waals surface area contributed by atoms with Gasteiger partial charge in [-0.1, -0.05) is 62.4 Å². The molecule has 166 valence electrons. The summed E-state index contributed by atoms with van der Waals surface area (Å²) in [4.78, 5) is 16.7. The van der Waals surface area contributed by atoms with Gasteiger partial charge in [-0.3, -0.25) is 10.1 Å². The lowest BCUT2D eigenvalue weighted by atomic mass is 10.0. The van der Waals surface area contributed by atoms with Gasteiger partial charge in [0.2, 0.25) is 11.8 Å². The van der Waals surface area contributed by atoms with Gasteiger partial charge in [-0.15, -0.1) is 0 Å². The molecule has 3 aromatic carbocycles. The van der Waals surface area contributed by atoms with Crippen molar-refractivity contribution in [1.29, 1.82) is 0 Å². The van der Waals surface area contributed by atoms with Gasteiger partial charge in [0.25, 0.3) is 0 Å². The fraction of sp³-hybridized carbons (Fsp3) is 0.148. The number of benzene rings is 3. The van der Waals surface area contributed by atoms with E-state index in [1.807, 2.05) is 60.7 Å². The standard InChI is InChI=1S/C27H25N3O2S/c1-18(2)22-13-14-24-23(16-22)29-26(32-24)21-11-8-20(9-12-21)17-28-27(33)30-25(31)15-10-19-6-4-3-5-7-19/h3-16,18H,17H2,1-2H3,(H2,28,30,31,33)/b15-10+. The van der Waals surface area contributed by atoms with Crippen molar-refractivity contribution in [2.24, 2.45) is 0 Å². The monoisotopic (exact) mass is 455 g/mol. The first kappa shape index (κ1) is 22.4. The number of carbonyl (C=O) groups is 1. The first-order chi connectivity index (χ1) is 16.0. The highest BCUT2D eigenvalue weighted by atomic mass is 32.1. The Morgan fingerprint density at radius 1 is 1.06 bits per heavy atom. The zero-order chi connectivity index (χ0) is 23.2. The Balaban J connectivity index is 1.32. The van der Waals surface area contributed by atoms with Gasteiger partial charge in [-0.25, -0.2) is 4.98 Å². The van der Waals surface area contributed by atoms with E-state index in [0.717, 1.165) is 27.8 Å². The van der Waals surface area contributed by atoms with Crippen LogP contribution in [0.2, 0.25) is 0 Å². The van der Waals surface area contributed by atoms with Crippen LogP contribution in [0.5, 0.6) is 0 Å². The lowest BCUT2D eigenvalue weighted by molar-refractivity contribution is -0.115. The van der Waals surface area contributed by atoms with Gasteiger partial charge in [0.1, 0.15) is 5.52 Å². The quantitative estimate of drug-likeness (QED) is 0.283. The van der Waals surface area contributed by atoms with Crippen molar-refractivity contribution in [1.82, 2.24) is 15.6 Å². The molecule has 1 aromatic heterocycles. The Morgan fingerprint density at radius 3 is 2.55 bits per heavy atom. The molecule has 0 saturated carbocycles. The SMILES string of the molecule is CC(C)c1ccc2oc(-c3ccc(CNC(=S)NC(=O)/C=C/c4ccccc4)cc3)nc2c1. The molecule has 0 atom stereocenters. The van der Waals surface area contributed by atoms with Crippen molar-refractivity contribution in [3.8, 4) is 11.5 Å². The number of hydrogen-bond acceptors (Lipinski definition) is 4. The van der Waals surface area contributed by atoms with Crippen LogP contribution in [0, 0.1) is 0 Å². The van der Waals surface area contributed by atoms with Crippen LogP contribution < -0.4 is 10.6 Å². The number of rotatable bonds is 6. The normalized spacial score (nSPS) is 11.2. The van der Waals surface area contributed by atoms with E-state index in [1.54, 1.807) is 6.08 Å². The maximum Gasteiger partial charge on any atom is 0.250 e. The van der Waals surface area contributed by atoms with Crippen molar-refractivity contribution in [3.05, 3.63) is 95.6 Å². The van der Waals surface area contributed by atoms with Crippen molar-refractivity contribution in [3.63, 3.8) is 0 Å². The maximum atomic E-state index is 12.0. The van der Waals surface area contributed by atoms with Gasteiger partial charge in [-0.2, -0.15) is 0 Å². The van der Waals surface area contributed by atoms with Gasteiger partial charge >= 0.3 is 0 Å². The first-order valence-electron chi connectivity index (χ1n) is 10.8. The molecule has 4 rings (SSSR count). The van der Waals surface area contributed by atoms with E-state index in [-0.39, 0.29) is 11.0 Å². The first-order valence-corrected chi connectivity index (χ1v) is 11.2. The predicted octanol–water partition coefficient (Wildman–Crippen LogP) is 5.82. The van der Waals surface area contributed by atoms with Crippen molar-refractivity contribution in [2.45, 2.75) is 26.3 Å². The minimum absolute atomic E-state index is 0.275. The zero-order valence-electron chi connectivity index (χ0n) is 18.5. The molecule has 0 radical (unpaired) electrons. The Morgan fingerprint density at radius 2 is 1.82 bits per heavy atom. The second-order valence-electron chi connectivity index (χ2n) is 8.01. The number of amides is 1. The number of oxazole rings is 1. The van der Waals surface area contributed by atoms with Gasteiger partial charge in [0.05, 0.1) is 0 Å². The second-order valence-corrected chi connectivity index (χ2v) is 8.42. The summed E-state index contributed by atoms with van der Waals surface area (Å²) in [6, 6.07) is 23.6. The van der Waals surface area contributed by atoms with Gasteiger partial charge in [0, 0.05) is 18.2 Å². The van der Waals surface area contributed by atoms with Gasteiger partial charge in [0.15, 0.2) is 10.7 Å². The summed E-state index contributed by atoms with van der Waals surface area (Å²) in [6.45, 7) is 4.81. The van der Waals surface area contributed by atoms with Crippen molar-refractivity contribution < 1.29 is 9.21 Å². The molecule has 4 aromatic rings. The summed E-state index contributed by atoms with van der Waals surface area (Å²) in [5, 5.41) is 5.99. The molecule has 0 aliphatic heterocycles. The molecule has 0 unspecified atom stereocenters. The topological polar surface area (TPSA) is 67.2 Å². The Hall–Kier alpha value is -3.77. The lowest BCUT2D eigenvalue weighted by Gasteiger charge is -2.08. The van der Waals surface area contributed by atoms with Crippen molar-refractivity contribution >= 4 is 40.4 Å². The zero-order valence-corrected chi connectivity index (χ0v) is 19.4. The molecule has 0 aliphatic rings. The summed E-state index contributed by atoms with van der Waals surface area (Å²) in [7, 11) is 0. The van der Waals surface area contributed by atoms with Crippen LogP contribution in [0.25, 0.3) is 28.6 Å². The molecular weight excluding hydrogens is 430 g/mol. The number of hydrogen-bond donors (Lipinski definition) is 2. The van der Waals surface area contributed by atoms with E-state index in [1.165, 1.54) is 11.6 Å². The molecule has 6 heteroatoms. The highest BCUT2D eigenvalue weighted by Gasteiger charge is 2.10. The minimum atomic E-state index is -0.275. The molecular formula is C27H25N3O2S. The highest BCUT2D eigenvalue weighted by Crippen LogP contribution is 2.27. The summed E-state index contributed by atoms with van der Waals surface area (Å²) in [5.74, 6) is 0.763. The predicted molar refractivity (Wildman–Crippen MR) is 137 cm³/mol. The Labute approximate surface area is 198 Å². The minimum Gasteiger partial charge on any atom is -0.436 e. The molecule has 1 heterocycles. The van der Waals surface area contributed by atoms with Crippen LogP contribution in [0.4, 0.5) is 0 Å². The van der Waals surface area contributed by atoms with Crippen LogP contribution in [0.1, 0.15) is 36.5 Å². The van der Waals surface area contributed by atoms with E-state index in [2.05, 4.69) is 41.6 Å². The molecule has 0 fully saturated rings. The molecule has 2 N–H and O–H groups in total. The van der Waals surface area contributed by atoms with E-state index >= 15 is 0 Å². The number of thiocarbonyl (C=S) groups is 1. The maximum absolute atomic E-state index is 12.0. The number of carbonyl (C=O) groups excluding carboxylic acids is 1. The van der Waals surface area contributed by atoms with Gasteiger partial charge in [-0.05, 0) is 65.2 Å². The molecule has 0 bridgehead atoms. The van der Waals surface area contributed by atoms with Crippen LogP contribution in [0.3, 0.4) is 0 Å². The molecule has 0 saturated heterocycles. The summed E-state index contributed by atoms with van der Waals surface area (Å²) >= 11 is 5.23. The largest absolute Gasteiger partial charge is 0.436 e. The van der Waals surface area contributed by atoms with Crippen LogP contribution in [-0.2, 0) is 11.3 Å². The smallest absolute Gasteiger partial charge is 0.250 e. The Bertz CT molecular complexity index is 1290. The average molecular weight is 456 g/mol. The molecule has 0 spiro atoms. The third-order valence-corrected chi connectivity index (χ3v) is 5.44. The third-order valence-electron chi connectivity index (χ3n) is 5.20. The van der Waals surface area contributed by atoms with Crippen LogP contribution in [0.15, 0.2) is 83.3 Å². The van der Waals surface area contributed by atoms with Crippen LogP contribution >= 0.6 is 12.2 Å². The summed E-state index contributed by atoms with van der Waals surface area (Å²) < 4.78 is 5.92.